The lowest BCUT2D eigenvalue weighted by Crippen LogP contribution is -2.56. The molecule has 0 spiro atoms. The summed E-state index contributed by atoms with van der Waals surface area (Å²) in [5.41, 5.74) is 1.37. The zero-order chi connectivity index (χ0) is 23.7. The average Bonchev–Trinajstić information content (AvgIpc) is 2.85. The molecule has 2 N–H and O–H groups in total. The highest BCUT2D eigenvalue weighted by atomic mass is 16.5. The fourth-order valence-corrected chi connectivity index (χ4v) is 5.80. The summed E-state index contributed by atoms with van der Waals surface area (Å²) in [6.45, 7) is 0.736. The Morgan fingerprint density at radius 3 is 2.82 bits per heavy atom. The molecule has 182 valence electrons. The Kier molecular flexibility index (Phi) is 6.34. The van der Waals surface area contributed by atoms with Gasteiger partial charge in [-0.3, -0.25) is 9.59 Å². The normalized spacial score (nSPS) is 24.3. The molecule has 0 bridgehead atoms. The highest BCUT2D eigenvalue weighted by molar-refractivity contribution is 5.86. The van der Waals surface area contributed by atoms with Crippen LogP contribution >= 0.6 is 0 Å². The number of ether oxygens (including phenoxy) is 1. The summed E-state index contributed by atoms with van der Waals surface area (Å²) < 4.78 is 11.1. The second-order valence-corrected chi connectivity index (χ2v) is 9.91. The molecule has 5 rings (SSSR count). The molecule has 34 heavy (non-hydrogen) atoms. The van der Waals surface area contributed by atoms with Crippen molar-refractivity contribution in [2.75, 3.05) is 26.2 Å². The summed E-state index contributed by atoms with van der Waals surface area (Å²) >= 11 is 0. The number of likely N-dealkylation sites (tertiary alicyclic amines) is 1. The molecule has 2 atom stereocenters. The topological polar surface area (TPSA) is 109 Å². The number of hydrogen-bond donors (Lipinski definition) is 2. The van der Waals surface area contributed by atoms with Crippen LogP contribution in [0, 0.1) is 5.92 Å². The molecule has 1 aliphatic heterocycles. The fraction of sp³-hybridized carbons (Fsp3) is 0.577. The van der Waals surface area contributed by atoms with E-state index in [1.54, 1.807) is 17.0 Å². The molecule has 8 nitrogen and oxygen atoms in total. The first-order chi connectivity index (χ1) is 16.4. The lowest BCUT2D eigenvalue weighted by Gasteiger charge is -2.47. The third kappa shape index (κ3) is 4.56. The van der Waals surface area contributed by atoms with Crippen LogP contribution in [-0.2, 0) is 22.4 Å². The van der Waals surface area contributed by atoms with Gasteiger partial charge in [-0.1, -0.05) is 12.8 Å². The zero-order valence-corrected chi connectivity index (χ0v) is 19.4. The number of nitrogens with one attached hydrogen (secondary N) is 1. The summed E-state index contributed by atoms with van der Waals surface area (Å²) in [6.07, 6.45) is 8.16. The van der Waals surface area contributed by atoms with E-state index >= 15 is 0 Å². The Balaban J connectivity index is 1.14. The van der Waals surface area contributed by atoms with Crippen molar-refractivity contribution in [1.82, 2.24) is 10.2 Å². The molecular weight excluding hydrogens is 436 g/mol. The van der Waals surface area contributed by atoms with Gasteiger partial charge >= 0.3 is 5.63 Å². The molecule has 1 aromatic heterocycles. The van der Waals surface area contributed by atoms with Gasteiger partial charge in [0.1, 0.15) is 11.3 Å². The SMILES string of the molecule is O=C(COc1ccc2c3c(c(=O)oc2c1)CCCC3)NCC(=O)N1CC[C@@]2(O)CCCC[C@H]2C1. The number of amides is 2. The molecule has 0 radical (unpaired) electrons. The van der Waals surface area contributed by atoms with Gasteiger partial charge in [-0.25, -0.2) is 4.79 Å². The van der Waals surface area contributed by atoms with Crippen LogP contribution in [0.2, 0.25) is 0 Å². The van der Waals surface area contributed by atoms with Gasteiger partial charge in [0.2, 0.25) is 5.91 Å². The Morgan fingerprint density at radius 2 is 1.97 bits per heavy atom. The Bertz CT molecular complexity index is 1160. The van der Waals surface area contributed by atoms with Crippen molar-refractivity contribution in [2.24, 2.45) is 5.92 Å². The van der Waals surface area contributed by atoms with E-state index < -0.39 is 11.5 Å². The maximum atomic E-state index is 12.6. The molecular formula is C26H32N2O6. The van der Waals surface area contributed by atoms with E-state index in [4.69, 9.17) is 9.15 Å². The predicted octanol–water partition coefficient (Wildman–Crippen LogP) is 2.32. The van der Waals surface area contributed by atoms with Crippen LogP contribution in [0.1, 0.15) is 56.1 Å². The van der Waals surface area contributed by atoms with Crippen molar-refractivity contribution in [3.8, 4) is 5.75 Å². The number of carbonyl (C=O) groups is 2. The number of fused-ring (bicyclic) bond motifs is 4. The van der Waals surface area contributed by atoms with Crippen LogP contribution in [0.3, 0.4) is 0 Å². The maximum absolute atomic E-state index is 12.6. The molecule has 2 heterocycles. The maximum Gasteiger partial charge on any atom is 0.339 e. The number of piperidine rings is 1. The lowest BCUT2D eigenvalue weighted by atomic mass is 9.71. The van der Waals surface area contributed by atoms with Crippen molar-refractivity contribution in [2.45, 2.75) is 63.4 Å². The Morgan fingerprint density at radius 1 is 1.15 bits per heavy atom. The smallest absolute Gasteiger partial charge is 0.339 e. The van der Waals surface area contributed by atoms with E-state index in [1.807, 2.05) is 6.07 Å². The third-order valence-electron chi connectivity index (χ3n) is 7.78. The summed E-state index contributed by atoms with van der Waals surface area (Å²) in [7, 11) is 0. The van der Waals surface area contributed by atoms with E-state index in [2.05, 4.69) is 5.32 Å². The van der Waals surface area contributed by atoms with Crippen LogP contribution in [0.5, 0.6) is 5.75 Å². The number of aryl methyl sites for hydroxylation is 1. The number of nitrogens with zero attached hydrogens (tertiary/aromatic N) is 1. The number of aliphatic hydroxyl groups is 1. The highest BCUT2D eigenvalue weighted by Crippen LogP contribution is 2.39. The summed E-state index contributed by atoms with van der Waals surface area (Å²) in [4.78, 5) is 38.9. The van der Waals surface area contributed by atoms with Gasteiger partial charge in [-0.05, 0) is 62.6 Å². The van der Waals surface area contributed by atoms with Crippen LogP contribution in [0.15, 0.2) is 27.4 Å². The van der Waals surface area contributed by atoms with Gasteiger partial charge in [-0.2, -0.15) is 0 Å². The molecule has 1 aromatic carbocycles. The second-order valence-electron chi connectivity index (χ2n) is 9.91. The van der Waals surface area contributed by atoms with Crippen LogP contribution in [-0.4, -0.2) is 53.7 Å². The molecule has 3 aliphatic rings. The third-order valence-corrected chi connectivity index (χ3v) is 7.78. The van der Waals surface area contributed by atoms with Crippen LogP contribution in [0.25, 0.3) is 11.0 Å². The van der Waals surface area contributed by atoms with Crippen molar-refractivity contribution in [3.05, 3.63) is 39.7 Å². The summed E-state index contributed by atoms with van der Waals surface area (Å²) in [6, 6.07) is 5.29. The number of rotatable bonds is 5. The van der Waals surface area contributed by atoms with E-state index in [0.29, 0.717) is 30.8 Å². The summed E-state index contributed by atoms with van der Waals surface area (Å²) in [5, 5.41) is 14.3. The van der Waals surface area contributed by atoms with Crippen LogP contribution in [0.4, 0.5) is 0 Å². The molecule has 2 aliphatic carbocycles. The van der Waals surface area contributed by atoms with E-state index in [1.165, 1.54) is 0 Å². The first-order valence-electron chi connectivity index (χ1n) is 12.4. The van der Waals surface area contributed by atoms with Gasteiger partial charge in [0.15, 0.2) is 6.61 Å². The molecule has 2 fully saturated rings. The van der Waals surface area contributed by atoms with Gasteiger partial charge in [0.25, 0.3) is 5.91 Å². The van der Waals surface area contributed by atoms with Crippen molar-refractivity contribution in [3.63, 3.8) is 0 Å². The lowest BCUT2D eigenvalue weighted by molar-refractivity contribution is -0.143. The predicted molar refractivity (Wildman–Crippen MR) is 126 cm³/mol. The van der Waals surface area contributed by atoms with Gasteiger partial charge < -0.3 is 24.5 Å². The minimum absolute atomic E-state index is 0.0912. The number of benzene rings is 1. The largest absolute Gasteiger partial charge is 0.484 e. The molecule has 1 saturated carbocycles. The first kappa shape index (κ1) is 22.9. The van der Waals surface area contributed by atoms with Crippen molar-refractivity contribution in [1.29, 1.82) is 0 Å². The van der Waals surface area contributed by atoms with E-state index in [9.17, 15) is 19.5 Å². The highest BCUT2D eigenvalue weighted by Gasteiger charge is 2.43. The van der Waals surface area contributed by atoms with Crippen LogP contribution < -0.4 is 15.7 Å². The minimum atomic E-state index is -0.635. The van der Waals surface area contributed by atoms with E-state index in [-0.39, 0.29) is 30.6 Å². The molecule has 8 heteroatoms. The zero-order valence-electron chi connectivity index (χ0n) is 19.4. The minimum Gasteiger partial charge on any atom is -0.484 e. The standard InChI is InChI=1S/C26H32N2O6/c29-23(27-14-24(30)28-12-11-26(32)10-4-3-5-17(26)15-28)16-33-18-8-9-20-19-6-1-2-7-21(19)25(31)34-22(20)13-18/h8-9,13,17,32H,1-7,10-12,14-16H2,(H,27,29)/t17-,26-/m0/s1. The summed E-state index contributed by atoms with van der Waals surface area (Å²) in [5.74, 6) is 0.0156. The van der Waals surface area contributed by atoms with Gasteiger partial charge in [0.05, 0.1) is 12.1 Å². The van der Waals surface area contributed by atoms with Gasteiger partial charge in [0, 0.05) is 36.0 Å². The van der Waals surface area contributed by atoms with Crippen molar-refractivity contribution < 1.29 is 23.8 Å². The molecule has 2 amide bonds. The Hall–Kier alpha value is -2.87. The van der Waals surface area contributed by atoms with E-state index in [0.717, 1.165) is 67.9 Å². The quantitative estimate of drug-likeness (QED) is 0.652. The number of carbonyl (C=O) groups excluding carboxylic acids is 2. The molecule has 1 saturated heterocycles. The van der Waals surface area contributed by atoms with Crippen molar-refractivity contribution >= 4 is 22.8 Å². The monoisotopic (exact) mass is 468 g/mol. The molecule has 2 aromatic rings. The molecule has 0 unspecified atom stereocenters. The number of hydrogen-bond acceptors (Lipinski definition) is 6. The van der Waals surface area contributed by atoms with Gasteiger partial charge in [-0.15, -0.1) is 0 Å². The first-order valence-corrected chi connectivity index (χ1v) is 12.4. The second kappa shape index (κ2) is 9.41. The average molecular weight is 469 g/mol. The Labute approximate surface area is 198 Å². The fourth-order valence-electron chi connectivity index (χ4n) is 5.80.